The van der Waals surface area contributed by atoms with E-state index in [-0.39, 0.29) is 12.5 Å². The van der Waals surface area contributed by atoms with Gasteiger partial charge in [0.1, 0.15) is 12.6 Å². The molecule has 0 aromatic rings. The van der Waals surface area contributed by atoms with Crippen LogP contribution < -0.4 is 5.32 Å². The van der Waals surface area contributed by atoms with Crippen molar-refractivity contribution >= 4 is 17.9 Å². The van der Waals surface area contributed by atoms with Gasteiger partial charge in [0.25, 0.3) is 0 Å². The molecule has 6 nitrogen and oxygen atoms in total. The summed E-state index contributed by atoms with van der Waals surface area (Å²) in [6.45, 7) is 3.42. The number of carbonyl (C=O) groups is 3. The molecule has 1 rings (SSSR count). The molecule has 1 heterocycles. The van der Waals surface area contributed by atoms with Crippen molar-refractivity contribution in [2.24, 2.45) is 5.92 Å². The van der Waals surface area contributed by atoms with Gasteiger partial charge in [-0.15, -0.1) is 0 Å². The van der Waals surface area contributed by atoms with Gasteiger partial charge >= 0.3 is 12.0 Å². The van der Waals surface area contributed by atoms with Gasteiger partial charge in [0, 0.05) is 0 Å². The number of nitrogens with one attached hydrogen (secondary N) is 1. The number of hydrogen-bond donors (Lipinski definition) is 2. The van der Waals surface area contributed by atoms with Crippen molar-refractivity contribution in [1.29, 1.82) is 0 Å². The largest absolute Gasteiger partial charge is 0.480 e. The molecule has 2 N–H and O–H groups in total. The fraction of sp³-hybridized carbons (Fsp3) is 0.667. The first-order valence-electron chi connectivity index (χ1n) is 4.80. The first-order valence-corrected chi connectivity index (χ1v) is 4.80. The number of nitrogens with zero attached hydrogens (tertiary/aromatic N) is 1. The summed E-state index contributed by atoms with van der Waals surface area (Å²) < 4.78 is 0. The number of carboxylic acids is 1. The van der Waals surface area contributed by atoms with Gasteiger partial charge in [-0.2, -0.15) is 0 Å². The Bertz CT molecular complexity index is 302. The van der Waals surface area contributed by atoms with Crippen molar-refractivity contribution in [1.82, 2.24) is 10.2 Å². The maximum Gasteiger partial charge on any atom is 0.326 e. The molecule has 3 amide bonds. The first kappa shape index (κ1) is 11.5. The molecule has 0 bridgehead atoms. The van der Waals surface area contributed by atoms with Gasteiger partial charge in [0.2, 0.25) is 5.91 Å². The second kappa shape index (κ2) is 4.29. The molecule has 84 valence electrons. The standard InChI is InChI=1S/C9H14N2O4/c1-3-5(2)7(8(13)14)11-4-6(12)10-9(11)15/h5,7H,3-4H2,1-2H3,(H,13,14)(H,10,12,15)/t5-,7-/m0/s1. The minimum Gasteiger partial charge on any atom is -0.480 e. The van der Waals surface area contributed by atoms with E-state index in [1.54, 1.807) is 6.92 Å². The Morgan fingerprint density at radius 2 is 2.20 bits per heavy atom. The highest BCUT2D eigenvalue weighted by molar-refractivity contribution is 6.03. The third kappa shape index (κ3) is 2.26. The summed E-state index contributed by atoms with van der Waals surface area (Å²) in [5.74, 6) is -1.71. The lowest BCUT2D eigenvalue weighted by Crippen LogP contribution is -2.46. The van der Waals surface area contributed by atoms with Crippen molar-refractivity contribution in [3.8, 4) is 0 Å². The summed E-state index contributed by atoms with van der Waals surface area (Å²) in [4.78, 5) is 34.3. The van der Waals surface area contributed by atoms with Crippen LogP contribution in [-0.4, -0.2) is 40.5 Å². The van der Waals surface area contributed by atoms with E-state index in [2.05, 4.69) is 5.32 Å². The summed E-state index contributed by atoms with van der Waals surface area (Å²) >= 11 is 0. The Morgan fingerprint density at radius 1 is 1.60 bits per heavy atom. The van der Waals surface area contributed by atoms with Crippen LogP contribution in [0.2, 0.25) is 0 Å². The van der Waals surface area contributed by atoms with E-state index in [1.807, 2.05) is 6.92 Å². The predicted molar refractivity (Wildman–Crippen MR) is 51.1 cm³/mol. The summed E-state index contributed by atoms with van der Waals surface area (Å²) in [5.41, 5.74) is 0. The minimum absolute atomic E-state index is 0.167. The van der Waals surface area contributed by atoms with E-state index < -0.39 is 23.9 Å². The number of carboxylic acid groups (broad SMARTS) is 1. The normalized spacial score (nSPS) is 20.0. The summed E-state index contributed by atoms with van der Waals surface area (Å²) in [6, 6.07) is -1.55. The predicted octanol–water partition coefficient (Wildman–Crippen LogP) is 0.0375. The minimum atomic E-state index is -1.07. The topological polar surface area (TPSA) is 86.7 Å². The van der Waals surface area contributed by atoms with Gasteiger partial charge in [0.05, 0.1) is 0 Å². The molecule has 1 saturated heterocycles. The second-order valence-electron chi connectivity index (χ2n) is 3.65. The molecule has 1 aliphatic rings. The molecule has 1 aliphatic heterocycles. The van der Waals surface area contributed by atoms with Crippen LogP contribution in [0.1, 0.15) is 20.3 Å². The summed E-state index contributed by atoms with van der Waals surface area (Å²) in [6.07, 6.45) is 0.634. The van der Waals surface area contributed by atoms with E-state index in [4.69, 9.17) is 5.11 Å². The average Bonchev–Trinajstić information content (AvgIpc) is 2.45. The first-order chi connectivity index (χ1) is 6.97. The molecule has 0 radical (unpaired) electrons. The molecule has 2 atom stereocenters. The van der Waals surface area contributed by atoms with Gasteiger partial charge in [-0.05, 0) is 5.92 Å². The number of urea groups is 1. The number of imide groups is 1. The molecule has 0 spiro atoms. The maximum atomic E-state index is 11.3. The van der Waals surface area contributed by atoms with Crippen molar-refractivity contribution < 1.29 is 19.5 Å². The number of aliphatic carboxylic acids is 1. The highest BCUT2D eigenvalue weighted by atomic mass is 16.4. The lowest BCUT2D eigenvalue weighted by atomic mass is 9.98. The molecule has 0 unspecified atom stereocenters. The fourth-order valence-electron chi connectivity index (χ4n) is 1.59. The molecule has 0 aromatic heterocycles. The zero-order chi connectivity index (χ0) is 11.6. The second-order valence-corrected chi connectivity index (χ2v) is 3.65. The van der Waals surface area contributed by atoms with Crippen molar-refractivity contribution in [2.75, 3.05) is 6.54 Å². The zero-order valence-corrected chi connectivity index (χ0v) is 8.69. The monoisotopic (exact) mass is 214 g/mol. The van der Waals surface area contributed by atoms with Gasteiger partial charge < -0.3 is 10.0 Å². The molecule has 15 heavy (non-hydrogen) atoms. The van der Waals surface area contributed by atoms with Crippen LogP contribution in [0.25, 0.3) is 0 Å². The lowest BCUT2D eigenvalue weighted by Gasteiger charge is -2.26. The van der Waals surface area contributed by atoms with E-state index in [0.29, 0.717) is 6.42 Å². The highest BCUT2D eigenvalue weighted by Gasteiger charge is 2.39. The Labute approximate surface area is 87.2 Å². The van der Waals surface area contributed by atoms with Gasteiger partial charge in [-0.1, -0.05) is 20.3 Å². The summed E-state index contributed by atoms with van der Waals surface area (Å²) in [7, 11) is 0. The maximum absolute atomic E-state index is 11.3. The number of carbonyl (C=O) groups excluding carboxylic acids is 2. The Balaban J connectivity index is 2.85. The zero-order valence-electron chi connectivity index (χ0n) is 8.69. The fourth-order valence-corrected chi connectivity index (χ4v) is 1.59. The van der Waals surface area contributed by atoms with Crippen LogP contribution in [0.3, 0.4) is 0 Å². The molecule has 1 fully saturated rings. The average molecular weight is 214 g/mol. The Hall–Kier alpha value is -1.59. The molecular weight excluding hydrogens is 200 g/mol. The van der Waals surface area contributed by atoms with E-state index in [9.17, 15) is 14.4 Å². The third-order valence-corrected chi connectivity index (χ3v) is 2.59. The van der Waals surface area contributed by atoms with Crippen LogP contribution in [-0.2, 0) is 9.59 Å². The number of hydrogen-bond acceptors (Lipinski definition) is 3. The van der Waals surface area contributed by atoms with Gasteiger partial charge in [0.15, 0.2) is 0 Å². The van der Waals surface area contributed by atoms with Gasteiger partial charge in [-0.3, -0.25) is 10.1 Å². The SMILES string of the molecule is CC[C@H](C)[C@@H](C(=O)O)N1CC(=O)NC1=O. The Morgan fingerprint density at radius 3 is 2.53 bits per heavy atom. The third-order valence-electron chi connectivity index (χ3n) is 2.59. The van der Waals surface area contributed by atoms with E-state index >= 15 is 0 Å². The lowest BCUT2D eigenvalue weighted by molar-refractivity contribution is -0.143. The van der Waals surface area contributed by atoms with Gasteiger partial charge in [-0.25, -0.2) is 9.59 Å². The van der Waals surface area contributed by atoms with Crippen LogP contribution in [0, 0.1) is 5.92 Å². The number of amides is 3. The van der Waals surface area contributed by atoms with Crippen LogP contribution in [0.15, 0.2) is 0 Å². The molecule has 0 aromatic carbocycles. The smallest absolute Gasteiger partial charge is 0.326 e. The van der Waals surface area contributed by atoms with Crippen LogP contribution in [0.4, 0.5) is 4.79 Å². The quantitative estimate of drug-likeness (QED) is 0.647. The van der Waals surface area contributed by atoms with E-state index in [0.717, 1.165) is 4.90 Å². The molecule has 0 aliphatic carbocycles. The van der Waals surface area contributed by atoms with Crippen LogP contribution >= 0.6 is 0 Å². The molecule has 0 saturated carbocycles. The Kier molecular flexibility index (Phi) is 3.28. The van der Waals surface area contributed by atoms with Crippen LogP contribution in [0.5, 0.6) is 0 Å². The van der Waals surface area contributed by atoms with E-state index in [1.165, 1.54) is 0 Å². The highest BCUT2D eigenvalue weighted by Crippen LogP contribution is 2.17. The van der Waals surface area contributed by atoms with Crippen molar-refractivity contribution in [3.63, 3.8) is 0 Å². The van der Waals surface area contributed by atoms with Crippen molar-refractivity contribution in [3.05, 3.63) is 0 Å². The summed E-state index contributed by atoms with van der Waals surface area (Å²) in [5, 5.41) is 11.1. The van der Waals surface area contributed by atoms with Crippen molar-refractivity contribution in [2.45, 2.75) is 26.3 Å². The number of rotatable bonds is 4. The molecular formula is C9H14N2O4. The molecule has 6 heteroatoms.